The fraction of sp³-hybridized carbons (Fsp3) is 0.125. The molecule has 7 nitrogen and oxygen atoms in total. The average Bonchev–Trinajstić information content (AvgIpc) is 3.02. The highest BCUT2D eigenvalue weighted by Crippen LogP contribution is 2.27. The Kier molecular flexibility index (Phi) is 5.56. The van der Waals surface area contributed by atoms with Crippen molar-refractivity contribution in [2.75, 3.05) is 16.8 Å². The van der Waals surface area contributed by atoms with E-state index in [0.29, 0.717) is 10.8 Å². The van der Waals surface area contributed by atoms with Crippen LogP contribution in [0.4, 0.5) is 5.69 Å². The Morgan fingerprint density at radius 3 is 2.68 bits per heavy atom. The zero-order chi connectivity index (χ0) is 17.6. The number of primary amides is 1. The summed E-state index contributed by atoms with van der Waals surface area (Å²) >= 11 is 2.60. The number of thioether (sulfide) groups is 2. The van der Waals surface area contributed by atoms with E-state index in [0.717, 1.165) is 10.5 Å². The second kappa shape index (κ2) is 8.04. The van der Waals surface area contributed by atoms with E-state index < -0.39 is 5.91 Å². The number of hydrogen-bond acceptors (Lipinski definition) is 6. The number of rotatable bonds is 7. The SMILES string of the molecule is NC(=O)CSc1ccccc1NC(=O)CSc1nnc2ccccn12. The monoisotopic (exact) mass is 373 g/mol. The van der Waals surface area contributed by atoms with Gasteiger partial charge < -0.3 is 11.1 Å². The Morgan fingerprint density at radius 1 is 1.04 bits per heavy atom. The lowest BCUT2D eigenvalue weighted by Gasteiger charge is -2.09. The number of benzene rings is 1. The van der Waals surface area contributed by atoms with E-state index in [9.17, 15) is 9.59 Å². The van der Waals surface area contributed by atoms with Gasteiger partial charge in [-0.3, -0.25) is 14.0 Å². The molecule has 2 amide bonds. The van der Waals surface area contributed by atoms with Crippen LogP contribution >= 0.6 is 23.5 Å². The summed E-state index contributed by atoms with van der Waals surface area (Å²) in [4.78, 5) is 24.0. The highest BCUT2D eigenvalue weighted by molar-refractivity contribution is 8.00. The van der Waals surface area contributed by atoms with Gasteiger partial charge in [-0.1, -0.05) is 30.0 Å². The first-order valence-corrected chi connectivity index (χ1v) is 9.33. The summed E-state index contributed by atoms with van der Waals surface area (Å²) in [5.41, 5.74) is 6.57. The first-order valence-electron chi connectivity index (χ1n) is 7.36. The molecule has 0 fully saturated rings. The van der Waals surface area contributed by atoms with Crippen molar-refractivity contribution < 1.29 is 9.59 Å². The van der Waals surface area contributed by atoms with Crippen molar-refractivity contribution >= 4 is 46.7 Å². The highest BCUT2D eigenvalue weighted by Gasteiger charge is 2.11. The first-order chi connectivity index (χ1) is 12.1. The summed E-state index contributed by atoms with van der Waals surface area (Å²) in [7, 11) is 0. The maximum Gasteiger partial charge on any atom is 0.234 e. The normalized spacial score (nSPS) is 10.7. The number of nitrogens with two attached hydrogens (primary N) is 1. The van der Waals surface area contributed by atoms with Gasteiger partial charge in [-0.05, 0) is 24.3 Å². The highest BCUT2D eigenvalue weighted by atomic mass is 32.2. The lowest BCUT2D eigenvalue weighted by Crippen LogP contribution is -2.16. The third-order valence-electron chi connectivity index (χ3n) is 3.15. The molecule has 3 rings (SSSR count). The van der Waals surface area contributed by atoms with Gasteiger partial charge in [0.25, 0.3) is 0 Å². The van der Waals surface area contributed by atoms with E-state index in [4.69, 9.17) is 5.73 Å². The number of pyridine rings is 1. The lowest BCUT2D eigenvalue weighted by molar-refractivity contribution is -0.115. The molecule has 0 unspecified atom stereocenters. The Balaban J connectivity index is 1.62. The van der Waals surface area contributed by atoms with Crippen molar-refractivity contribution in [2.45, 2.75) is 10.1 Å². The molecule has 0 saturated heterocycles. The topological polar surface area (TPSA) is 102 Å². The van der Waals surface area contributed by atoms with E-state index in [1.54, 1.807) is 6.07 Å². The quantitative estimate of drug-likeness (QED) is 0.615. The predicted octanol–water partition coefficient (Wildman–Crippen LogP) is 2.04. The molecule has 3 aromatic rings. The summed E-state index contributed by atoms with van der Waals surface area (Å²) in [5, 5.41) is 11.6. The first kappa shape index (κ1) is 17.3. The number of fused-ring (bicyclic) bond motifs is 1. The molecule has 9 heteroatoms. The third kappa shape index (κ3) is 4.52. The van der Waals surface area contributed by atoms with Crippen molar-refractivity contribution in [1.82, 2.24) is 14.6 Å². The van der Waals surface area contributed by atoms with E-state index in [1.165, 1.54) is 23.5 Å². The van der Waals surface area contributed by atoms with E-state index in [2.05, 4.69) is 15.5 Å². The third-order valence-corrected chi connectivity index (χ3v) is 5.18. The van der Waals surface area contributed by atoms with Crippen molar-refractivity contribution in [3.63, 3.8) is 0 Å². The number of aromatic nitrogens is 3. The number of para-hydroxylation sites is 1. The smallest absolute Gasteiger partial charge is 0.234 e. The molecule has 25 heavy (non-hydrogen) atoms. The minimum atomic E-state index is -0.402. The van der Waals surface area contributed by atoms with Gasteiger partial charge in [-0.2, -0.15) is 0 Å². The zero-order valence-corrected chi connectivity index (χ0v) is 14.7. The summed E-state index contributed by atoms with van der Waals surface area (Å²) in [6.07, 6.45) is 1.85. The lowest BCUT2D eigenvalue weighted by atomic mass is 10.3. The number of hydrogen-bond donors (Lipinski definition) is 2. The Morgan fingerprint density at radius 2 is 1.84 bits per heavy atom. The molecular weight excluding hydrogens is 358 g/mol. The summed E-state index contributed by atoms with van der Waals surface area (Å²) in [6.45, 7) is 0. The second-order valence-corrected chi connectivity index (χ2v) is 6.96. The molecule has 2 aromatic heterocycles. The average molecular weight is 373 g/mol. The minimum Gasteiger partial charge on any atom is -0.369 e. The number of carbonyl (C=O) groups excluding carboxylic acids is 2. The van der Waals surface area contributed by atoms with Gasteiger partial charge in [0.05, 0.1) is 17.2 Å². The molecule has 0 radical (unpaired) electrons. The van der Waals surface area contributed by atoms with Gasteiger partial charge in [0, 0.05) is 11.1 Å². The van der Waals surface area contributed by atoms with Crippen LogP contribution < -0.4 is 11.1 Å². The number of amides is 2. The van der Waals surface area contributed by atoms with Crippen LogP contribution in [0.5, 0.6) is 0 Å². The molecule has 0 spiro atoms. The maximum absolute atomic E-state index is 12.2. The van der Waals surface area contributed by atoms with Gasteiger partial charge in [-0.15, -0.1) is 22.0 Å². The largest absolute Gasteiger partial charge is 0.369 e. The Labute approximate surface area is 152 Å². The zero-order valence-electron chi connectivity index (χ0n) is 13.1. The van der Waals surface area contributed by atoms with Crippen LogP contribution in [-0.4, -0.2) is 37.9 Å². The van der Waals surface area contributed by atoms with Gasteiger partial charge >= 0.3 is 0 Å². The van der Waals surface area contributed by atoms with Gasteiger partial charge in [0.2, 0.25) is 11.8 Å². The summed E-state index contributed by atoms with van der Waals surface area (Å²) < 4.78 is 1.83. The fourth-order valence-electron chi connectivity index (χ4n) is 2.08. The van der Waals surface area contributed by atoms with E-state index in [-0.39, 0.29) is 17.4 Å². The predicted molar refractivity (Wildman–Crippen MR) is 98.7 cm³/mol. The fourth-order valence-corrected chi connectivity index (χ4v) is 3.55. The van der Waals surface area contributed by atoms with Gasteiger partial charge in [0.1, 0.15) is 0 Å². The molecule has 0 aliphatic carbocycles. The molecule has 128 valence electrons. The molecule has 0 atom stereocenters. The van der Waals surface area contributed by atoms with Crippen LogP contribution in [0, 0.1) is 0 Å². The van der Waals surface area contributed by atoms with Crippen molar-refractivity contribution in [3.8, 4) is 0 Å². The molecule has 0 aliphatic heterocycles. The standard InChI is InChI=1S/C16H15N5O2S2/c17-13(22)9-24-12-6-2-1-5-11(12)18-15(23)10-25-16-20-19-14-7-3-4-8-21(14)16/h1-8H,9-10H2,(H2,17,22)(H,18,23). The van der Waals surface area contributed by atoms with Crippen LogP contribution in [0.15, 0.2) is 58.7 Å². The molecule has 2 heterocycles. The molecule has 3 N–H and O–H groups in total. The van der Waals surface area contributed by atoms with Gasteiger partial charge in [-0.25, -0.2) is 0 Å². The molecule has 0 aliphatic rings. The molecule has 1 aromatic carbocycles. The molecule has 0 saturated carbocycles. The van der Waals surface area contributed by atoms with Crippen molar-refractivity contribution in [3.05, 3.63) is 48.7 Å². The number of anilines is 1. The van der Waals surface area contributed by atoms with Crippen LogP contribution in [0.25, 0.3) is 5.65 Å². The van der Waals surface area contributed by atoms with E-state index >= 15 is 0 Å². The Bertz CT molecular complexity index is 912. The van der Waals surface area contributed by atoms with Crippen LogP contribution in [0.2, 0.25) is 0 Å². The van der Waals surface area contributed by atoms with Gasteiger partial charge in [0.15, 0.2) is 10.8 Å². The minimum absolute atomic E-state index is 0.160. The summed E-state index contributed by atoms with van der Waals surface area (Å²) in [5.74, 6) is -0.206. The second-order valence-electron chi connectivity index (χ2n) is 5.00. The van der Waals surface area contributed by atoms with Crippen LogP contribution in [-0.2, 0) is 9.59 Å². The number of carbonyl (C=O) groups is 2. The maximum atomic E-state index is 12.2. The van der Waals surface area contributed by atoms with Crippen LogP contribution in [0.1, 0.15) is 0 Å². The molecular formula is C16H15N5O2S2. The van der Waals surface area contributed by atoms with Crippen molar-refractivity contribution in [1.29, 1.82) is 0 Å². The number of nitrogens with one attached hydrogen (secondary N) is 1. The van der Waals surface area contributed by atoms with E-state index in [1.807, 2.05) is 47.0 Å². The number of nitrogens with zero attached hydrogens (tertiary/aromatic N) is 3. The Hall–Kier alpha value is -2.52. The van der Waals surface area contributed by atoms with Crippen LogP contribution in [0.3, 0.4) is 0 Å². The summed E-state index contributed by atoms with van der Waals surface area (Å²) in [6, 6.07) is 12.9. The molecule has 0 bridgehead atoms. The van der Waals surface area contributed by atoms with Crippen molar-refractivity contribution in [2.24, 2.45) is 5.73 Å².